The van der Waals surface area contributed by atoms with Crippen molar-refractivity contribution >= 4 is 35.0 Å². The topological polar surface area (TPSA) is 112 Å². The van der Waals surface area contributed by atoms with Gasteiger partial charge in [-0.1, -0.05) is 53.8 Å². The number of hydrogen-bond donors (Lipinski definition) is 1. The van der Waals surface area contributed by atoms with E-state index in [0.717, 1.165) is 5.56 Å². The summed E-state index contributed by atoms with van der Waals surface area (Å²) in [5.41, 5.74) is 3.10. The van der Waals surface area contributed by atoms with Gasteiger partial charge in [0, 0.05) is 17.3 Å². The number of ether oxygens (including phenoxy) is 2. The number of para-hydroxylation sites is 1. The summed E-state index contributed by atoms with van der Waals surface area (Å²) in [7, 11) is 2.90. The number of carbonyl (C=O) groups excluding carboxylic acids is 2. The Balaban J connectivity index is 1.41. The van der Waals surface area contributed by atoms with Gasteiger partial charge in [-0.15, -0.1) is 0 Å². The summed E-state index contributed by atoms with van der Waals surface area (Å²) in [6.45, 7) is 1.77. The van der Waals surface area contributed by atoms with Gasteiger partial charge in [0.25, 0.3) is 11.5 Å². The maximum absolute atomic E-state index is 14.0. The second kappa shape index (κ2) is 12.0. The highest BCUT2D eigenvalue weighted by Gasteiger charge is 2.32. The monoisotopic (exact) mass is 605 g/mol. The van der Waals surface area contributed by atoms with Crippen LogP contribution in [0.2, 0.25) is 0 Å². The maximum Gasteiger partial charge on any atom is 0.337 e. The van der Waals surface area contributed by atoms with Gasteiger partial charge in [-0.2, -0.15) is 0 Å². The third-order valence-corrected chi connectivity index (χ3v) is 8.18. The molecule has 0 saturated carbocycles. The molecule has 1 atom stereocenters. The first-order chi connectivity index (χ1) is 21.4. The van der Waals surface area contributed by atoms with Crippen molar-refractivity contribution in [2.75, 3.05) is 19.5 Å². The molecule has 0 bridgehead atoms. The molecule has 1 N–H and O–H groups in total. The molecule has 1 aliphatic rings. The van der Waals surface area contributed by atoms with Crippen LogP contribution in [-0.4, -0.2) is 30.7 Å². The Labute approximate surface area is 256 Å². The maximum atomic E-state index is 14.0. The summed E-state index contributed by atoms with van der Waals surface area (Å²) in [6.07, 6.45) is 1.67. The highest BCUT2D eigenvalue weighted by atomic mass is 32.1. The molecule has 0 spiro atoms. The molecule has 0 saturated heterocycles. The number of methoxy groups -OCH3 is 2. The molecule has 10 heteroatoms. The minimum absolute atomic E-state index is 0.306. The number of nitrogens with one attached hydrogen (secondary N) is 1. The molecular weight excluding hydrogens is 578 g/mol. The number of anilines is 1. The molecule has 0 fully saturated rings. The van der Waals surface area contributed by atoms with Crippen molar-refractivity contribution in [2.45, 2.75) is 13.0 Å². The number of carbonyl (C=O) groups is 2. The van der Waals surface area contributed by atoms with Gasteiger partial charge in [0.15, 0.2) is 4.80 Å². The van der Waals surface area contributed by atoms with Crippen LogP contribution < -0.4 is 24.9 Å². The molecule has 1 aliphatic heterocycles. The van der Waals surface area contributed by atoms with Gasteiger partial charge >= 0.3 is 5.97 Å². The van der Waals surface area contributed by atoms with Gasteiger partial charge in [0.1, 0.15) is 17.3 Å². The quantitative estimate of drug-likeness (QED) is 0.264. The van der Waals surface area contributed by atoms with E-state index in [-0.39, 0.29) is 11.5 Å². The summed E-state index contributed by atoms with van der Waals surface area (Å²) in [5.74, 6) is 0.872. The second-order valence-corrected chi connectivity index (χ2v) is 11.0. The van der Waals surface area contributed by atoms with Crippen LogP contribution >= 0.6 is 11.3 Å². The predicted octanol–water partition coefficient (Wildman–Crippen LogP) is 4.93. The van der Waals surface area contributed by atoms with E-state index < -0.39 is 12.0 Å². The fraction of sp³-hybridized carbons (Fsp3) is 0.118. The lowest BCUT2D eigenvalue weighted by atomic mass is 9.95. The zero-order valence-corrected chi connectivity index (χ0v) is 24.9. The van der Waals surface area contributed by atoms with E-state index in [0.29, 0.717) is 54.7 Å². The van der Waals surface area contributed by atoms with Crippen LogP contribution in [0.25, 0.3) is 17.4 Å². The van der Waals surface area contributed by atoms with E-state index >= 15 is 0 Å². The van der Waals surface area contributed by atoms with Gasteiger partial charge < -0.3 is 19.2 Å². The van der Waals surface area contributed by atoms with Crippen molar-refractivity contribution in [3.8, 4) is 17.1 Å². The zero-order chi connectivity index (χ0) is 30.8. The first kappa shape index (κ1) is 28.6. The van der Waals surface area contributed by atoms with Crippen molar-refractivity contribution in [3.63, 3.8) is 0 Å². The van der Waals surface area contributed by atoms with Crippen LogP contribution in [0.3, 0.4) is 0 Å². The van der Waals surface area contributed by atoms with Crippen LogP contribution in [0, 0.1) is 0 Å². The fourth-order valence-electron chi connectivity index (χ4n) is 5.06. The number of esters is 1. The van der Waals surface area contributed by atoms with Crippen LogP contribution in [0.15, 0.2) is 116 Å². The van der Waals surface area contributed by atoms with Gasteiger partial charge in [-0.3, -0.25) is 14.2 Å². The van der Waals surface area contributed by atoms with Crippen molar-refractivity contribution in [2.24, 2.45) is 4.99 Å². The molecule has 2 aromatic heterocycles. The number of furan rings is 1. The number of hydrogen-bond acceptors (Lipinski definition) is 8. The fourth-order valence-corrected chi connectivity index (χ4v) is 6.09. The van der Waals surface area contributed by atoms with Crippen molar-refractivity contribution in [1.82, 2.24) is 4.57 Å². The van der Waals surface area contributed by atoms with E-state index in [1.54, 1.807) is 73.2 Å². The minimum atomic E-state index is -0.743. The minimum Gasteiger partial charge on any atom is -0.497 e. The third kappa shape index (κ3) is 5.50. The molecule has 1 amide bonds. The lowest BCUT2D eigenvalue weighted by molar-refractivity contribution is -0.113. The number of allylic oxidation sites excluding steroid dienone is 1. The summed E-state index contributed by atoms with van der Waals surface area (Å²) >= 11 is 1.22. The van der Waals surface area contributed by atoms with Crippen LogP contribution in [0.1, 0.15) is 34.6 Å². The van der Waals surface area contributed by atoms with Crippen LogP contribution in [0.5, 0.6) is 5.75 Å². The largest absolute Gasteiger partial charge is 0.497 e. The summed E-state index contributed by atoms with van der Waals surface area (Å²) in [5, 5.41) is 2.95. The number of thiazole rings is 1. The number of nitrogens with zero attached hydrogens (tertiary/aromatic N) is 2. The summed E-state index contributed by atoms with van der Waals surface area (Å²) in [4.78, 5) is 44.7. The average Bonchev–Trinajstić information content (AvgIpc) is 3.64. The molecule has 44 heavy (non-hydrogen) atoms. The second-order valence-electron chi connectivity index (χ2n) is 9.95. The number of benzene rings is 3. The molecule has 220 valence electrons. The smallest absolute Gasteiger partial charge is 0.337 e. The van der Waals surface area contributed by atoms with Crippen molar-refractivity contribution < 1.29 is 23.5 Å². The first-order valence-electron chi connectivity index (χ1n) is 13.7. The van der Waals surface area contributed by atoms with E-state index in [4.69, 9.17) is 18.9 Å². The van der Waals surface area contributed by atoms with Crippen molar-refractivity contribution in [1.29, 1.82) is 0 Å². The Bertz CT molecular complexity index is 2090. The molecule has 3 heterocycles. The SMILES string of the molecule is COC(=O)c1ccc(-c2ccc(/C=c3\sc4n(c3=O)C(c3cccc(OC)c3)C(C(=O)Nc3ccccc3)=C(C)N=4)o2)cc1. The van der Waals surface area contributed by atoms with Crippen LogP contribution in [0.4, 0.5) is 5.69 Å². The number of aromatic nitrogens is 1. The van der Waals surface area contributed by atoms with Crippen LogP contribution in [-0.2, 0) is 9.53 Å². The Hall–Kier alpha value is -5.48. The van der Waals surface area contributed by atoms with E-state index in [9.17, 15) is 14.4 Å². The lowest BCUT2D eigenvalue weighted by Crippen LogP contribution is -2.40. The normalized spacial score (nSPS) is 14.5. The molecule has 0 radical (unpaired) electrons. The third-order valence-electron chi connectivity index (χ3n) is 7.20. The van der Waals surface area contributed by atoms with Gasteiger partial charge in [-0.25, -0.2) is 9.79 Å². The molecule has 5 aromatic rings. The summed E-state index contributed by atoms with van der Waals surface area (Å²) < 4.78 is 18.2. The summed E-state index contributed by atoms with van der Waals surface area (Å²) in [6, 6.07) is 26.1. The Morgan fingerprint density at radius 1 is 0.977 bits per heavy atom. The predicted molar refractivity (Wildman–Crippen MR) is 167 cm³/mol. The Morgan fingerprint density at radius 3 is 2.48 bits per heavy atom. The molecule has 9 nitrogen and oxygen atoms in total. The Kier molecular flexibility index (Phi) is 7.82. The highest BCUT2D eigenvalue weighted by Crippen LogP contribution is 2.32. The molecule has 0 aliphatic carbocycles. The van der Waals surface area contributed by atoms with E-state index in [2.05, 4.69) is 5.32 Å². The number of amides is 1. The van der Waals surface area contributed by atoms with E-state index in [1.165, 1.54) is 18.4 Å². The highest BCUT2D eigenvalue weighted by molar-refractivity contribution is 7.07. The Morgan fingerprint density at radius 2 is 1.75 bits per heavy atom. The van der Waals surface area contributed by atoms with Gasteiger partial charge in [0.2, 0.25) is 0 Å². The molecule has 1 unspecified atom stereocenters. The average molecular weight is 606 g/mol. The van der Waals surface area contributed by atoms with Gasteiger partial charge in [0.05, 0.1) is 41.6 Å². The van der Waals surface area contributed by atoms with E-state index in [1.807, 2.05) is 42.5 Å². The zero-order valence-electron chi connectivity index (χ0n) is 24.1. The lowest BCUT2D eigenvalue weighted by Gasteiger charge is -2.25. The number of rotatable bonds is 7. The first-order valence-corrected chi connectivity index (χ1v) is 14.5. The molecule has 6 rings (SSSR count). The number of fused-ring (bicyclic) bond motifs is 1. The molecular formula is C34H27N3O6S. The van der Waals surface area contributed by atoms with Gasteiger partial charge in [-0.05, 0) is 61.0 Å². The van der Waals surface area contributed by atoms with Crippen molar-refractivity contribution in [3.05, 3.63) is 139 Å². The molecule has 3 aromatic carbocycles. The standard InChI is InChI=1S/C34H27N3O6S/c1-20-29(31(38)36-24-9-5-4-6-10-24)30(23-8-7-11-25(18-23)41-2)37-32(39)28(44-34(37)35-20)19-26-16-17-27(43-26)21-12-14-22(15-13-21)33(40)42-3/h4-19,30H,1-3H3,(H,36,38)/b28-19-.